The summed E-state index contributed by atoms with van der Waals surface area (Å²) in [6.07, 6.45) is 2.63. The van der Waals surface area contributed by atoms with Crippen molar-refractivity contribution in [2.45, 2.75) is 18.9 Å². The first kappa shape index (κ1) is 8.32. The molecular weight excluding hydrogens is 241 g/mol. The van der Waals surface area contributed by atoms with E-state index in [0.29, 0.717) is 17.0 Å². The Balaban J connectivity index is 2.18. The lowest BCUT2D eigenvalue weighted by Gasteiger charge is -2.04. The zero-order valence-corrected chi connectivity index (χ0v) is 8.60. The second kappa shape index (κ2) is 3.23. The van der Waals surface area contributed by atoms with Gasteiger partial charge >= 0.3 is 0 Å². The maximum Gasteiger partial charge on any atom is 0.172 e. The monoisotopic (exact) mass is 247 g/mol. The lowest BCUT2D eigenvalue weighted by Crippen LogP contribution is -1.97. The van der Waals surface area contributed by atoms with E-state index in [1.54, 1.807) is 0 Å². The van der Waals surface area contributed by atoms with Crippen molar-refractivity contribution in [1.29, 1.82) is 0 Å². The highest BCUT2D eigenvalue weighted by Crippen LogP contribution is 2.31. The molecule has 1 aromatic heterocycles. The molecule has 0 spiro atoms. The first-order valence-corrected chi connectivity index (χ1v) is 4.91. The van der Waals surface area contributed by atoms with Gasteiger partial charge in [0.05, 0.1) is 6.10 Å². The minimum atomic E-state index is 0.366. The van der Waals surface area contributed by atoms with Gasteiger partial charge in [0.25, 0.3) is 0 Å². The number of hydrogen-bond donors (Lipinski definition) is 0. The second-order valence-electron chi connectivity index (χ2n) is 2.74. The number of pyridine rings is 1. The lowest BCUT2D eigenvalue weighted by molar-refractivity contribution is 0.302. The van der Waals surface area contributed by atoms with Crippen LogP contribution in [-0.4, -0.2) is 11.1 Å². The van der Waals surface area contributed by atoms with E-state index in [1.807, 2.05) is 12.1 Å². The van der Waals surface area contributed by atoms with Gasteiger partial charge < -0.3 is 4.74 Å². The van der Waals surface area contributed by atoms with Crippen molar-refractivity contribution in [3.8, 4) is 5.75 Å². The molecule has 1 aliphatic rings. The fraction of sp³-hybridized carbons (Fsp3) is 0.375. The van der Waals surface area contributed by atoms with Gasteiger partial charge in [0, 0.05) is 0 Å². The summed E-state index contributed by atoms with van der Waals surface area (Å²) in [5.41, 5.74) is 0. The quantitative estimate of drug-likeness (QED) is 0.751. The van der Waals surface area contributed by atoms with E-state index < -0.39 is 0 Å². The minimum Gasteiger partial charge on any atom is -0.487 e. The van der Waals surface area contributed by atoms with Crippen LogP contribution in [0.25, 0.3) is 0 Å². The summed E-state index contributed by atoms with van der Waals surface area (Å²) >= 11 is 9.06. The van der Waals surface area contributed by atoms with Gasteiger partial charge in [0.2, 0.25) is 0 Å². The maximum absolute atomic E-state index is 5.84. The molecule has 0 aromatic carbocycles. The van der Waals surface area contributed by atoms with Crippen LogP contribution >= 0.6 is 27.5 Å². The van der Waals surface area contributed by atoms with Gasteiger partial charge in [-0.25, -0.2) is 4.98 Å². The molecule has 1 saturated carbocycles. The predicted molar refractivity (Wildman–Crippen MR) is 50.6 cm³/mol. The standard InChI is InChI=1S/C8H7BrClNO/c9-7-4-3-6(8(10)11-7)12-5-1-2-5/h3-5H,1-2H2. The van der Waals surface area contributed by atoms with Gasteiger partial charge in [0.1, 0.15) is 4.60 Å². The fourth-order valence-electron chi connectivity index (χ4n) is 0.853. The molecule has 0 bridgehead atoms. The third kappa shape index (κ3) is 1.90. The van der Waals surface area contributed by atoms with Crippen LogP contribution in [0, 0.1) is 0 Å². The van der Waals surface area contributed by atoms with Gasteiger partial charge in [-0.15, -0.1) is 0 Å². The molecule has 4 heteroatoms. The molecule has 12 heavy (non-hydrogen) atoms. The molecule has 0 amide bonds. The molecule has 1 aromatic rings. The Hall–Kier alpha value is -0.280. The molecule has 0 N–H and O–H groups in total. The fourth-order valence-corrected chi connectivity index (χ4v) is 1.46. The average molecular weight is 249 g/mol. The Morgan fingerprint density at radius 2 is 2.25 bits per heavy atom. The molecule has 0 atom stereocenters. The van der Waals surface area contributed by atoms with E-state index in [1.165, 1.54) is 0 Å². The maximum atomic E-state index is 5.84. The highest BCUT2D eigenvalue weighted by Gasteiger charge is 2.24. The van der Waals surface area contributed by atoms with E-state index in [-0.39, 0.29) is 0 Å². The van der Waals surface area contributed by atoms with Crippen LogP contribution in [0.2, 0.25) is 5.15 Å². The molecule has 0 saturated heterocycles. The summed E-state index contributed by atoms with van der Waals surface area (Å²) in [6.45, 7) is 0. The van der Waals surface area contributed by atoms with Crippen molar-refractivity contribution < 1.29 is 4.74 Å². The van der Waals surface area contributed by atoms with Crippen molar-refractivity contribution in [2.75, 3.05) is 0 Å². The highest BCUT2D eigenvalue weighted by molar-refractivity contribution is 9.10. The van der Waals surface area contributed by atoms with Crippen LogP contribution in [0.5, 0.6) is 5.75 Å². The Labute approximate surface area is 84.0 Å². The molecule has 2 nitrogen and oxygen atoms in total. The van der Waals surface area contributed by atoms with Crippen LogP contribution < -0.4 is 4.74 Å². The third-order valence-electron chi connectivity index (χ3n) is 1.60. The molecular formula is C8H7BrClNO. The van der Waals surface area contributed by atoms with E-state index in [2.05, 4.69) is 20.9 Å². The molecule has 0 unspecified atom stereocenters. The van der Waals surface area contributed by atoms with Gasteiger partial charge in [-0.2, -0.15) is 0 Å². The summed E-state index contributed by atoms with van der Waals surface area (Å²) < 4.78 is 6.23. The Morgan fingerprint density at radius 1 is 1.50 bits per heavy atom. The molecule has 1 heterocycles. The summed E-state index contributed by atoms with van der Waals surface area (Å²) in [4.78, 5) is 4.01. The predicted octanol–water partition coefficient (Wildman–Crippen LogP) is 3.04. The topological polar surface area (TPSA) is 22.1 Å². The van der Waals surface area contributed by atoms with Crippen LogP contribution in [0.3, 0.4) is 0 Å². The van der Waals surface area contributed by atoms with Crippen LogP contribution in [0.15, 0.2) is 16.7 Å². The van der Waals surface area contributed by atoms with Crippen LogP contribution in [0.4, 0.5) is 0 Å². The molecule has 64 valence electrons. The Morgan fingerprint density at radius 3 is 2.83 bits per heavy atom. The van der Waals surface area contributed by atoms with Crippen LogP contribution in [-0.2, 0) is 0 Å². The average Bonchev–Trinajstić information content (AvgIpc) is 2.79. The largest absolute Gasteiger partial charge is 0.487 e. The van der Waals surface area contributed by atoms with E-state index in [9.17, 15) is 0 Å². The number of rotatable bonds is 2. The highest BCUT2D eigenvalue weighted by atomic mass is 79.9. The first-order valence-electron chi connectivity index (χ1n) is 3.74. The van der Waals surface area contributed by atoms with Crippen molar-refractivity contribution in [1.82, 2.24) is 4.98 Å². The van der Waals surface area contributed by atoms with Crippen molar-refractivity contribution in [3.05, 3.63) is 21.9 Å². The van der Waals surface area contributed by atoms with Gasteiger partial charge in [-0.1, -0.05) is 11.6 Å². The van der Waals surface area contributed by atoms with Crippen molar-refractivity contribution >= 4 is 27.5 Å². The summed E-state index contributed by atoms with van der Waals surface area (Å²) in [6, 6.07) is 3.65. The number of ether oxygens (including phenoxy) is 1. The normalized spacial score (nSPS) is 16.2. The van der Waals surface area contributed by atoms with E-state index >= 15 is 0 Å². The number of hydrogen-bond acceptors (Lipinski definition) is 2. The second-order valence-corrected chi connectivity index (χ2v) is 3.91. The molecule has 1 aliphatic carbocycles. The van der Waals surface area contributed by atoms with E-state index in [0.717, 1.165) is 17.4 Å². The minimum absolute atomic E-state index is 0.366. The number of aromatic nitrogens is 1. The Kier molecular flexibility index (Phi) is 2.24. The first-order chi connectivity index (χ1) is 5.75. The van der Waals surface area contributed by atoms with Gasteiger partial charge in [-0.05, 0) is 40.9 Å². The van der Waals surface area contributed by atoms with Gasteiger partial charge in [0.15, 0.2) is 10.9 Å². The SMILES string of the molecule is Clc1nc(Br)ccc1OC1CC1. The number of halogens is 2. The smallest absolute Gasteiger partial charge is 0.172 e. The zero-order valence-electron chi connectivity index (χ0n) is 6.26. The summed E-state index contributed by atoms with van der Waals surface area (Å²) in [5.74, 6) is 0.683. The molecule has 0 radical (unpaired) electrons. The Bertz CT molecular complexity index is 301. The molecule has 2 rings (SSSR count). The zero-order chi connectivity index (χ0) is 8.55. The van der Waals surface area contributed by atoms with E-state index in [4.69, 9.17) is 16.3 Å². The summed E-state index contributed by atoms with van der Waals surface area (Å²) in [7, 11) is 0. The molecule has 1 fully saturated rings. The third-order valence-corrected chi connectivity index (χ3v) is 2.31. The number of nitrogens with zero attached hydrogens (tertiary/aromatic N) is 1. The lowest BCUT2D eigenvalue weighted by atomic mass is 10.5. The summed E-state index contributed by atoms with van der Waals surface area (Å²) in [5, 5.41) is 0.427. The van der Waals surface area contributed by atoms with Crippen LogP contribution in [0.1, 0.15) is 12.8 Å². The van der Waals surface area contributed by atoms with Gasteiger partial charge in [-0.3, -0.25) is 0 Å². The van der Waals surface area contributed by atoms with Crippen molar-refractivity contribution in [3.63, 3.8) is 0 Å². The molecule has 0 aliphatic heterocycles. The van der Waals surface area contributed by atoms with Crippen molar-refractivity contribution in [2.24, 2.45) is 0 Å².